The minimum absolute atomic E-state index is 0.0743. The second-order valence-corrected chi connectivity index (χ2v) is 10.9. The van der Waals surface area contributed by atoms with Crippen LogP contribution >= 0.6 is 11.3 Å². The van der Waals surface area contributed by atoms with E-state index in [-0.39, 0.29) is 29.6 Å². The summed E-state index contributed by atoms with van der Waals surface area (Å²) in [7, 11) is 0.680. The van der Waals surface area contributed by atoms with E-state index in [0.29, 0.717) is 24.3 Å². The lowest BCUT2D eigenvalue weighted by Gasteiger charge is -2.31. The first-order chi connectivity index (χ1) is 17.3. The Morgan fingerprint density at radius 1 is 1.11 bits per heavy atom. The summed E-state index contributed by atoms with van der Waals surface area (Å²) in [4.78, 5) is 17.4. The number of benzene rings is 2. The number of hydrogen-bond donors (Lipinski definition) is 2. The van der Waals surface area contributed by atoms with E-state index >= 15 is 0 Å². The monoisotopic (exact) mass is 534 g/mol. The quantitative estimate of drug-likeness (QED) is 0.449. The molecule has 9 nitrogen and oxygen atoms in total. The van der Waals surface area contributed by atoms with Gasteiger partial charge in [0.25, 0.3) is 0 Å². The van der Waals surface area contributed by atoms with Crippen molar-refractivity contribution in [1.82, 2.24) is 9.29 Å². The Morgan fingerprint density at radius 3 is 2.44 bits per heavy atom. The summed E-state index contributed by atoms with van der Waals surface area (Å²) in [6, 6.07) is 8.83. The third-order valence-corrected chi connectivity index (χ3v) is 8.82. The minimum atomic E-state index is -3.98. The molecular formula is C24H27FN4O5S2. The number of nitrogens with zero attached hydrogens (tertiary/aromatic N) is 2. The maximum absolute atomic E-state index is 13.8. The molecule has 0 spiro atoms. The van der Waals surface area contributed by atoms with Gasteiger partial charge in [0.15, 0.2) is 5.13 Å². The van der Waals surface area contributed by atoms with Gasteiger partial charge in [-0.1, -0.05) is 0 Å². The first kappa shape index (κ1) is 25.9. The molecule has 1 fully saturated rings. The molecule has 3 aromatic rings. The van der Waals surface area contributed by atoms with Crippen LogP contribution in [0.1, 0.15) is 12.8 Å². The number of sulfonamides is 1. The Labute approximate surface area is 213 Å². The number of carbonyl (C=O) groups is 1. The Kier molecular flexibility index (Phi) is 7.76. The number of anilines is 2. The highest BCUT2D eigenvalue weighted by Gasteiger charge is 2.34. The number of amides is 1. The molecule has 4 rings (SSSR count). The fourth-order valence-corrected chi connectivity index (χ4v) is 6.39. The summed E-state index contributed by atoms with van der Waals surface area (Å²) in [6.45, 7) is 0.256. The van der Waals surface area contributed by atoms with Gasteiger partial charge in [0.2, 0.25) is 15.9 Å². The van der Waals surface area contributed by atoms with Gasteiger partial charge in [-0.05, 0) is 49.2 Å². The first-order valence-corrected chi connectivity index (χ1v) is 13.5. The van der Waals surface area contributed by atoms with Crippen LogP contribution in [0.4, 0.5) is 15.2 Å². The lowest BCUT2D eigenvalue weighted by Crippen LogP contribution is -2.41. The fraction of sp³-hybridized carbons (Fsp3) is 0.333. The van der Waals surface area contributed by atoms with E-state index in [1.807, 2.05) is 11.4 Å². The highest BCUT2D eigenvalue weighted by atomic mass is 32.2. The van der Waals surface area contributed by atoms with Crippen molar-refractivity contribution in [3.8, 4) is 22.8 Å². The molecule has 12 heteroatoms. The van der Waals surface area contributed by atoms with Crippen molar-refractivity contribution >= 4 is 38.1 Å². The number of piperidine rings is 1. The average molecular weight is 535 g/mol. The van der Waals surface area contributed by atoms with E-state index in [9.17, 15) is 17.6 Å². The second-order valence-electron chi connectivity index (χ2n) is 8.17. The van der Waals surface area contributed by atoms with Crippen LogP contribution in [0, 0.1) is 11.7 Å². The molecule has 1 saturated heterocycles. The van der Waals surface area contributed by atoms with Crippen LogP contribution < -0.4 is 20.1 Å². The predicted octanol–water partition coefficient (Wildman–Crippen LogP) is 4.05. The zero-order chi connectivity index (χ0) is 25.9. The number of aromatic nitrogens is 1. The summed E-state index contributed by atoms with van der Waals surface area (Å²) in [5.74, 6) is -0.700. The summed E-state index contributed by atoms with van der Waals surface area (Å²) in [5.41, 5.74) is 2.11. The molecule has 2 heterocycles. The highest BCUT2D eigenvalue weighted by molar-refractivity contribution is 7.89. The maximum Gasteiger partial charge on any atom is 0.246 e. The second kappa shape index (κ2) is 10.8. The lowest BCUT2D eigenvalue weighted by molar-refractivity contribution is -0.120. The summed E-state index contributed by atoms with van der Waals surface area (Å²) in [6.07, 6.45) is 0.643. The van der Waals surface area contributed by atoms with Crippen LogP contribution in [0.3, 0.4) is 0 Å². The Balaban J connectivity index is 1.46. The van der Waals surface area contributed by atoms with Crippen LogP contribution in [0.25, 0.3) is 11.3 Å². The summed E-state index contributed by atoms with van der Waals surface area (Å²) < 4.78 is 51.8. The van der Waals surface area contributed by atoms with E-state index in [2.05, 4.69) is 15.6 Å². The molecule has 0 saturated carbocycles. The van der Waals surface area contributed by atoms with Crippen molar-refractivity contribution in [2.24, 2.45) is 5.92 Å². The van der Waals surface area contributed by atoms with Crippen molar-refractivity contribution in [2.45, 2.75) is 17.7 Å². The highest BCUT2D eigenvalue weighted by Crippen LogP contribution is 2.34. The molecule has 0 unspecified atom stereocenters. The molecule has 1 aliphatic heterocycles. The average Bonchev–Trinajstić information content (AvgIpc) is 3.38. The van der Waals surface area contributed by atoms with Gasteiger partial charge in [-0.15, -0.1) is 11.3 Å². The van der Waals surface area contributed by atoms with Gasteiger partial charge < -0.3 is 20.1 Å². The standard InChI is InChI=1S/C24H27FN4O5S2/c1-26-24-28-19(14-35-24)16-4-6-20(33-2)18(12-16)27-23(30)15-8-10-29(11-9-15)36(31,32)22-13-17(25)5-7-21(22)34-3/h4-7,12-15H,8-11H2,1-3H3,(H,26,28)(H,27,30). The van der Waals surface area contributed by atoms with Crippen molar-refractivity contribution in [3.05, 3.63) is 47.6 Å². The molecule has 2 N–H and O–H groups in total. The van der Waals surface area contributed by atoms with Crippen molar-refractivity contribution in [3.63, 3.8) is 0 Å². The predicted molar refractivity (Wildman–Crippen MR) is 137 cm³/mol. The van der Waals surface area contributed by atoms with Gasteiger partial charge in [0, 0.05) is 37.0 Å². The van der Waals surface area contributed by atoms with Crippen LogP contribution in [0.2, 0.25) is 0 Å². The van der Waals surface area contributed by atoms with Crippen LogP contribution in [0.15, 0.2) is 46.7 Å². The Morgan fingerprint density at radius 2 is 1.81 bits per heavy atom. The molecule has 36 heavy (non-hydrogen) atoms. The number of halogens is 1. The zero-order valence-corrected chi connectivity index (χ0v) is 21.7. The minimum Gasteiger partial charge on any atom is -0.495 e. The smallest absolute Gasteiger partial charge is 0.246 e. The fourth-order valence-electron chi connectivity index (χ4n) is 4.07. The summed E-state index contributed by atoms with van der Waals surface area (Å²) in [5, 5.41) is 8.64. The molecule has 0 radical (unpaired) electrons. The maximum atomic E-state index is 13.8. The number of methoxy groups -OCH3 is 2. The van der Waals surface area contributed by atoms with Gasteiger partial charge in [-0.3, -0.25) is 4.79 Å². The zero-order valence-electron chi connectivity index (χ0n) is 20.1. The number of thiazole rings is 1. The van der Waals surface area contributed by atoms with Crippen LogP contribution in [-0.4, -0.2) is 58.0 Å². The number of ether oxygens (including phenoxy) is 2. The normalized spacial score (nSPS) is 14.9. The Hall–Kier alpha value is -3.22. The van der Waals surface area contributed by atoms with Gasteiger partial charge in [-0.25, -0.2) is 17.8 Å². The lowest BCUT2D eigenvalue weighted by atomic mass is 9.97. The van der Waals surface area contributed by atoms with E-state index in [4.69, 9.17) is 9.47 Å². The summed E-state index contributed by atoms with van der Waals surface area (Å²) >= 11 is 1.48. The third-order valence-electron chi connectivity index (χ3n) is 6.04. The molecule has 0 atom stereocenters. The molecule has 1 aromatic heterocycles. The number of hydrogen-bond acceptors (Lipinski definition) is 8. The largest absolute Gasteiger partial charge is 0.495 e. The van der Waals surface area contributed by atoms with Crippen LogP contribution in [0.5, 0.6) is 11.5 Å². The van der Waals surface area contributed by atoms with E-state index in [1.54, 1.807) is 19.2 Å². The molecule has 1 amide bonds. The first-order valence-electron chi connectivity index (χ1n) is 11.2. The van der Waals surface area contributed by atoms with E-state index in [0.717, 1.165) is 28.5 Å². The number of nitrogens with one attached hydrogen (secondary N) is 2. The molecule has 0 aliphatic carbocycles. The van der Waals surface area contributed by atoms with Gasteiger partial charge in [-0.2, -0.15) is 4.31 Å². The van der Waals surface area contributed by atoms with Crippen LogP contribution in [-0.2, 0) is 14.8 Å². The molecule has 2 aromatic carbocycles. The topological polar surface area (TPSA) is 110 Å². The van der Waals surface area contributed by atoms with Crippen molar-refractivity contribution in [1.29, 1.82) is 0 Å². The molecule has 0 bridgehead atoms. The number of carbonyl (C=O) groups excluding carboxylic acids is 1. The van der Waals surface area contributed by atoms with E-state index in [1.165, 1.54) is 35.9 Å². The van der Waals surface area contributed by atoms with Crippen molar-refractivity contribution < 1.29 is 27.1 Å². The number of rotatable bonds is 8. The van der Waals surface area contributed by atoms with E-state index < -0.39 is 21.8 Å². The molecular weight excluding hydrogens is 507 g/mol. The van der Waals surface area contributed by atoms with Gasteiger partial charge in [0.05, 0.1) is 25.6 Å². The third kappa shape index (κ3) is 5.30. The van der Waals surface area contributed by atoms with Gasteiger partial charge in [0.1, 0.15) is 22.2 Å². The Bertz CT molecular complexity index is 1350. The van der Waals surface area contributed by atoms with Gasteiger partial charge >= 0.3 is 0 Å². The molecule has 192 valence electrons. The van der Waals surface area contributed by atoms with Crippen molar-refractivity contribution in [2.75, 3.05) is 45.0 Å². The SMILES string of the molecule is CNc1nc(-c2ccc(OC)c(NC(=O)C3CCN(S(=O)(=O)c4cc(F)ccc4OC)CC3)c2)cs1. The molecule has 1 aliphatic rings.